The Kier molecular flexibility index (Phi) is 1.07. The number of fused-ring (bicyclic) bond motifs is 2. The molecule has 12 heavy (non-hydrogen) atoms. The van der Waals surface area contributed by atoms with Gasteiger partial charge in [-0.3, -0.25) is 4.68 Å². The molecule has 1 aromatic heterocycles. The third-order valence-corrected chi connectivity index (χ3v) is 3.56. The average molecular weight is 162 g/mol. The molecular weight excluding hydrogens is 148 g/mol. The van der Waals surface area contributed by atoms with Gasteiger partial charge in [0.15, 0.2) is 0 Å². The predicted octanol–water partition coefficient (Wildman–Crippen LogP) is 2.02. The Morgan fingerprint density at radius 1 is 1.42 bits per heavy atom. The Balaban J connectivity index is 2.12. The highest BCUT2D eigenvalue weighted by atomic mass is 15.3. The van der Waals surface area contributed by atoms with Crippen LogP contribution in [0, 0.1) is 6.92 Å². The summed E-state index contributed by atoms with van der Waals surface area (Å²) in [5.41, 5.74) is 3.28. The normalized spacial score (nSPS) is 24.1. The van der Waals surface area contributed by atoms with Gasteiger partial charge in [0.2, 0.25) is 0 Å². The summed E-state index contributed by atoms with van der Waals surface area (Å²) >= 11 is 0. The third-order valence-electron chi connectivity index (χ3n) is 3.56. The Bertz CT molecular complexity index is 321. The van der Waals surface area contributed by atoms with Crippen molar-refractivity contribution in [3.8, 4) is 0 Å². The first kappa shape index (κ1) is 6.70. The van der Waals surface area contributed by atoms with E-state index in [1.54, 1.807) is 0 Å². The van der Waals surface area contributed by atoms with Gasteiger partial charge in [-0.05, 0) is 32.3 Å². The smallest absolute Gasteiger partial charge is 0.0596 e. The molecule has 64 valence electrons. The van der Waals surface area contributed by atoms with Crippen LogP contribution in [0.25, 0.3) is 0 Å². The summed E-state index contributed by atoms with van der Waals surface area (Å²) in [6.45, 7) is 3.25. The molecule has 0 bridgehead atoms. The largest absolute Gasteiger partial charge is 0.269 e. The SMILES string of the molecule is Cc1cc2n(n1)CCC21CCC1. The van der Waals surface area contributed by atoms with Crippen LogP contribution in [0.1, 0.15) is 37.1 Å². The maximum Gasteiger partial charge on any atom is 0.0596 e. The van der Waals surface area contributed by atoms with Crippen molar-refractivity contribution in [2.45, 2.75) is 44.6 Å². The van der Waals surface area contributed by atoms with E-state index in [9.17, 15) is 0 Å². The second-order valence-corrected chi connectivity index (χ2v) is 4.28. The zero-order valence-corrected chi connectivity index (χ0v) is 7.51. The molecular formula is C10H14N2. The van der Waals surface area contributed by atoms with Gasteiger partial charge in [-0.15, -0.1) is 0 Å². The van der Waals surface area contributed by atoms with Gasteiger partial charge in [-0.25, -0.2) is 0 Å². The van der Waals surface area contributed by atoms with Gasteiger partial charge in [-0.1, -0.05) is 6.42 Å². The Hall–Kier alpha value is -0.790. The van der Waals surface area contributed by atoms with Crippen LogP contribution >= 0.6 is 0 Å². The quantitative estimate of drug-likeness (QED) is 0.570. The Morgan fingerprint density at radius 2 is 2.25 bits per heavy atom. The molecule has 1 aliphatic heterocycles. The van der Waals surface area contributed by atoms with Crippen molar-refractivity contribution in [1.29, 1.82) is 0 Å². The minimum Gasteiger partial charge on any atom is -0.269 e. The second-order valence-electron chi connectivity index (χ2n) is 4.28. The van der Waals surface area contributed by atoms with E-state index in [-0.39, 0.29) is 0 Å². The summed E-state index contributed by atoms with van der Waals surface area (Å²) in [5, 5.41) is 4.49. The topological polar surface area (TPSA) is 17.8 Å². The fraction of sp³-hybridized carbons (Fsp3) is 0.700. The second kappa shape index (κ2) is 1.93. The van der Waals surface area contributed by atoms with Gasteiger partial charge in [0.1, 0.15) is 0 Å². The highest BCUT2D eigenvalue weighted by Gasteiger charge is 2.44. The van der Waals surface area contributed by atoms with Crippen molar-refractivity contribution in [2.75, 3.05) is 0 Å². The lowest BCUT2D eigenvalue weighted by molar-refractivity contribution is 0.243. The molecule has 0 unspecified atom stereocenters. The summed E-state index contributed by atoms with van der Waals surface area (Å²) < 4.78 is 2.22. The third kappa shape index (κ3) is 0.637. The first-order chi connectivity index (χ1) is 5.80. The summed E-state index contributed by atoms with van der Waals surface area (Å²) in [5.74, 6) is 0. The number of nitrogens with zero attached hydrogens (tertiary/aromatic N) is 2. The standard InChI is InChI=1S/C10H14N2/c1-8-7-9-10(3-2-4-10)5-6-12(9)11-8/h7H,2-6H2,1H3. The van der Waals surface area contributed by atoms with Crippen LogP contribution < -0.4 is 0 Å². The zero-order valence-electron chi connectivity index (χ0n) is 7.51. The van der Waals surface area contributed by atoms with Crippen LogP contribution in [0.4, 0.5) is 0 Å². The molecule has 0 amide bonds. The lowest BCUT2D eigenvalue weighted by Gasteiger charge is -2.37. The van der Waals surface area contributed by atoms with Crippen LogP contribution in [-0.4, -0.2) is 9.78 Å². The number of hydrogen-bond acceptors (Lipinski definition) is 1. The molecule has 2 nitrogen and oxygen atoms in total. The maximum atomic E-state index is 4.49. The fourth-order valence-corrected chi connectivity index (χ4v) is 2.70. The molecule has 0 N–H and O–H groups in total. The van der Waals surface area contributed by atoms with Crippen molar-refractivity contribution in [2.24, 2.45) is 0 Å². The van der Waals surface area contributed by atoms with Gasteiger partial charge in [0.25, 0.3) is 0 Å². The van der Waals surface area contributed by atoms with Gasteiger partial charge >= 0.3 is 0 Å². The lowest BCUT2D eigenvalue weighted by atomic mass is 9.66. The van der Waals surface area contributed by atoms with Crippen LogP contribution in [0.15, 0.2) is 6.07 Å². The van der Waals surface area contributed by atoms with Gasteiger partial charge in [0.05, 0.1) is 5.69 Å². The van der Waals surface area contributed by atoms with Crippen LogP contribution in [-0.2, 0) is 12.0 Å². The highest BCUT2D eigenvalue weighted by molar-refractivity contribution is 5.26. The van der Waals surface area contributed by atoms with Crippen LogP contribution in [0.3, 0.4) is 0 Å². The maximum absolute atomic E-state index is 4.49. The Morgan fingerprint density at radius 3 is 2.92 bits per heavy atom. The Labute approximate surface area is 72.6 Å². The van der Waals surface area contributed by atoms with E-state index in [0.717, 1.165) is 6.54 Å². The molecule has 3 rings (SSSR count). The van der Waals surface area contributed by atoms with E-state index in [1.807, 2.05) is 0 Å². The molecule has 1 saturated carbocycles. The van der Waals surface area contributed by atoms with Crippen molar-refractivity contribution in [3.63, 3.8) is 0 Å². The van der Waals surface area contributed by atoms with Crippen molar-refractivity contribution in [1.82, 2.24) is 9.78 Å². The molecule has 0 atom stereocenters. The molecule has 2 aliphatic rings. The first-order valence-corrected chi connectivity index (χ1v) is 4.85. The summed E-state index contributed by atoms with van der Waals surface area (Å²) in [6.07, 6.45) is 5.57. The molecule has 0 aromatic carbocycles. The molecule has 2 heterocycles. The molecule has 1 aliphatic carbocycles. The average Bonchev–Trinajstić information content (AvgIpc) is 2.41. The monoisotopic (exact) mass is 162 g/mol. The van der Waals surface area contributed by atoms with Gasteiger partial charge < -0.3 is 0 Å². The van der Waals surface area contributed by atoms with Crippen molar-refractivity contribution < 1.29 is 0 Å². The number of aromatic nitrogens is 2. The highest BCUT2D eigenvalue weighted by Crippen LogP contribution is 2.50. The van der Waals surface area contributed by atoms with E-state index in [2.05, 4.69) is 22.8 Å². The number of rotatable bonds is 0. The van der Waals surface area contributed by atoms with Crippen molar-refractivity contribution in [3.05, 3.63) is 17.5 Å². The molecule has 1 spiro atoms. The van der Waals surface area contributed by atoms with Gasteiger partial charge in [0, 0.05) is 17.7 Å². The number of aryl methyl sites for hydroxylation is 2. The van der Waals surface area contributed by atoms with E-state index < -0.39 is 0 Å². The summed E-state index contributed by atoms with van der Waals surface area (Å²) in [6, 6.07) is 2.28. The van der Waals surface area contributed by atoms with E-state index in [4.69, 9.17) is 0 Å². The lowest BCUT2D eigenvalue weighted by Crippen LogP contribution is -2.31. The molecule has 0 saturated heterocycles. The fourth-order valence-electron chi connectivity index (χ4n) is 2.70. The van der Waals surface area contributed by atoms with Crippen molar-refractivity contribution >= 4 is 0 Å². The van der Waals surface area contributed by atoms with Gasteiger partial charge in [-0.2, -0.15) is 5.10 Å². The molecule has 1 fully saturated rings. The first-order valence-electron chi connectivity index (χ1n) is 4.85. The number of hydrogen-bond donors (Lipinski definition) is 0. The molecule has 2 heteroatoms. The van der Waals surface area contributed by atoms with Crippen LogP contribution in [0.2, 0.25) is 0 Å². The molecule has 1 aromatic rings. The molecule has 0 radical (unpaired) electrons. The van der Waals surface area contributed by atoms with E-state index >= 15 is 0 Å². The van der Waals surface area contributed by atoms with Crippen LogP contribution in [0.5, 0.6) is 0 Å². The minimum atomic E-state index is 0.571. The summed E-state index contributed by atoms with van der Waals surface area (Å²) in [4.78, 5) is 0. The van der Waals surface area contributed by atoms with E-state index in [0.29, 0.717) is 5.41 Å². The summed E-state index contributed by atoms with van der Waals surface area (Å²) in [7, 11) is 0. The predicted molar refractivity (Wildman–Crippen MR) is 47.1 cm³/mol. The zero-order chi connectivity index (χ0) is 8.18. The minimum absolute atomic E-state index is 0.571. The van der Waals surface area contributed by atoms with E-state index in [1.165, 1.54) is 37.1 Å².